The molecule has 176 valence electrons. The number of nitrogen functional groups attached to an aromatic ring is 1. The zero-order valence-corrected chi connectivity index (χ0v) is 18.8. The Bertz CT molecular complexity index is 1510. The first-order chi connectivity index (χ1) is 16.8. The van der Waals surface area contributed by atoms with Crippen molar-refractivity contribution in [3.63, 3.8) is 0 Å². The Morgan fingerprint density at radius 3 is 2.34 bits per heavy atom. The molecular weight excluding hydrogens is 452 g/mol. The van der Waals surface area contributed by atoms with Crippen molar-refractivity contribution in [2.45, 2.75) is 26.4 Å². The third-order valence-electron chi connectivity index (χ3n) is 6.27. The number of amides is 2. The molecule has 1 aliphatic rings. The van der Waals surface area contributed by atoms with Crippen LogP contribution < -0.4 is 11.5 Å². The summed E-state index contributed by atoms with van der Waals surface area (Å²) in [4.78, 5) is 35.7. The molecule has 0 bridgehead atoms. The lowest BCUT2D eigenvalue weighted by atomic mass is 9.91. The Balaban J connectivity index is 1.68. The van der Waals surface area contributed by atoms with Crippen LogP contribution in [0.4, 0.5) is 14.7 Å². The van der Waals surface area contributed by atoms with E-state index in [1.807, 2.05) is 24.3 Å². The number of fused-ring (bicyclic) bond motifs is 2. The minimum absolute atomic E-state index is 0.0115. The summed E-state index contributed by atoms with van der Waals surface area (Å²) in [5.41, 5.74) is 14.4. The van der Waals surface area contributed by atoms with Crippen molar-refractivity contribution in [3.05, 3.63) is 88.1 Å². The minimum atomic E-state index is -1.15. The van der Waals surface area contributed by atoms with Crippen LogP contribution in [0.5, 0.6) is 0 Å². The lowest BCUT2D eigenvalue weighted by Crippen LogP contribution is -2.27. The van der Waals surface area contributed by atoms with Crippen LogP contribution in [0, 0.1) is 11.6 Å². The summed E-state index contributed by atoms with van der Waals surface area (Å²) in [6, 6.07) is 13.4. The van der Waals surface area contributed by atoms with Gasteiger partial charge in [-0.15, -0.1) is 0 Å². The van der Waals surface area contributed by atoms with Crippen LogP contribution in [-0.2, 0) is 19.5 Å². The van der Waals surface area contributed by atoms with Crippen LogP contribution in [0.15, 0.2) is 48.5 Å². The van der Waals surface area contributed by atoms with E-state index in [9.17, 15) is 18.4 Å². The number of hydrogen-bond acceptors (Lipinski definition) is 5. The first-order valence-electron chi connectivity index (χ1n) is 11.0. The van der Waals surface area contributed by atoms with Crippen LogP contribution in [-0.4, -0.2) is 26.7 Å². The smallest absolute Gasteiger partial charge is 0.273 e. The fourth-order valence-electron chi connectivity index (χ4n) is 4.63. The summed E-state index contributed by atoms with van der Waals surface area (Å²) in [6.45, 7) is 2.50. The SMILES string of the molecule is CCc1c(F)c(F)cc(C(N)=O)c1-c1ccc2nc(N)nc(C(=O)N3Cc4ccccc4C3)c2c1. The van der Waals surface area contributed by atoms with Gasteiger partial charge >= 0.3 is 0 Å². The summed E-state index contributed by atoms with van der Waals surface area (Å²) in [5, 5.41) is 0.375. The summed E-state index contributed by atoms with van der Waals surface area (Å²) < 4.78 is 28.8. The van der Waals surface area contributed by atoms with E-state index in [0.717, 1.165) is 17.2 Å². The van der Waals surface area contributed by atoms with Crippen LogP contribution in [0.25, 0.3) is 22.0 Å². The number of carbonyl (C=O) groups is 2. The molecule has 0 aliphatic carbocycles. The molecular formula is C26H21F2N5O2. The Labute approximate surface area is 199 Å². The molecule has 7 nitrogen and oxygen atoms in total. The fourth-order valence-corrected chi connectivity index (χ4v) is 4.63. The molecule has 4 aromatic rings. The average Bonchev–Trinajstić information content (AvgIpc) is 3.28. The lowest BCUT2D eigenvalue weighted by molar-refractivity contribution is 0.0747. The van der Waals surface area contributed by atoms with Gasteiger partial charge in [0, 0.05) is 24.0 Å². The van der Waals surface area contributed by atoms with Crippen molar-refractivity contribution in [1.29, 1.82) is 0 Å². The number of aromatic nitrogens is 2. The van der Waals surface area contributed by atoms with Crippen LogP contribution >= 0.6 is 0 Å². The Morgan fingerprint density at radius 1 is 1.03 bits per heavy atom. The summed E-state index contributed by atoms with van der Waals surface area (Å²) in [7, 11) is 0. The third kappa shape index (κ3) is 3.74. The first-order valence-corrected chi connectivity index (χ1v) is 11.0. The number of carbonyl (C=O) groups excluding carboxylic acids is 2. The predicted octanol–water partition coefficient (Wildman–Crippen LogP) is 3.97. The summed E-state index contributed by atoms with van der Waals surface area (Å²) >= 11 is 0. The monoisotopic (exact) mass is 473 g/mol. The maximum absolute atomic E-state index is 14.7. The van der Waals surface area contributed by atoms with E-state index in [0.29, 0.717) is 29.6 Å². The molecule has 1 aromatic heterocycles. The number of nitrogens with two attached hydrogens (primary N) is 2. The molecule has 5 rings (SSSR count). The Morgan fingerprint density at radius 2 is 1.71 bits per heavy atom. The van der Waals surface area contributed by atoms with E-state index in [-0.39, 0.29) is 40.7 Å². The van der Waals surface area contributed by atoms with Crippen molar-refractivity contribution in [3.8, 4) is 11.1 Å². The lowest BCUT2D eigenvalue weighted by Gasteiger charge is -2.18. The number of primary amides is 1. The van der Waals surface area contributed by atoms with Gasteiger partial charge in [0.2, 0.25) is 11.9 Å². The zero-order valence-electron chi connectivity index (χ0n) is 18.8. The number of rotatable bonds is 4. The molecule has 0 saturated heterocycles. The minimum Gasteiger partial charge on any atom is -0.368 e. The van der Waals surface area contributed by atoms with Gasteiger partial charge in [-0.1, -0.05) is 37.3 Å². The highest BCUT2D eigenvalue weighted by atomic mass is 19.2. The van der Waals surface area contributed by atoms with Gasteiger partial charge in [-0.3, -0.25) is 9.59 Å². The number of hydrogen-bond donors (Lipinski definition) is 2. The molecule has 4 N–H and O–H groups in total. The first kappa shape index (κ1) is 22.4. The quantitative estimate of drug-likeness (QED) is 0.465. The maximum atomic E-state index is 14.7. The second-order valence-electron chi connectivity index (χ2n) is 8.38. The number of nitrogens with zero attached hydrogens (tertiary/aromatic N) is 3. The molecule has 3 aromatic carbocycles. The zero-order chi connectivity index (χ0) is 24.9. The fraction of sp³-hybridized carbons (Fsp3) is 0.154. The molecule has 0 saturated carbocycles. The van der Waals surface area contributed by atoms with Gasteiger partial charge in [-0.2, -0.15) is 0 Å². The molecule has 35 heavy (non-hydrogen) atoms. The van der Waals surface area contributed by atoms with Gasteiger partial charge in [0.1, 0.15) is 5.69 Å². The maximum Gasteiger partial charge on any atom is 0.273 e. The normalized spacial score (nSPS) is 12.7. The largest absolute Gasteiger partial charge is 0.368 e. The highest BCUT2D eigenvalue weighted by Gasteiger charge is 2.28. The molecule has 0 spiro atoms. The number of benzene rings is 3. The molecule has 9 heteroatoms. The molecule has 2 heterocycles. The van der Waals surface area contributed by atoms with Crippen molar-refractivity contribution >= 4 is 28.7 Å². The van der Waals surface area contributed by atoms with E-state index in [2.05, 4.69) is 9.97 Å². The standard InChI is InChI=1S/C26H21F2N5O2/c1-2-16-21(18(24(29)34)10-19(27)22(16)28)13-7-8-20-17(9-13)23(32-26(30)31-20)25(35)33-11-14-5-3-4-6-15(14)12-33/h3-10H,2,11-12H2,1H3,(H2,29,34)(H2,30,31,32). The average molecular weight is 473 g/mol. The highest BCUT2D eigenvalue weighted by molar-refractivity contribution is 6.07. The van der Waals surface area contributed by atoms with Gasteiger partial charge in [0.05, 0.1) is 11.1 Å². The van der Waals surface area contributed by atoms with Crippen molar-refractivity contribution in [2.24, 2.45) is 5.73 Å². The van der Waals surface area contributed by atoms with Crippen LogP contribution in [0.2, 0.25) is 0 Å². The van der Waals surface area contributed by atoms with Crippen molar-refractivity contribution in [1.82, 2.24) is 14.9 Å². The summed E-state index contributed by atoms with van der Waals surface area (Å²) in [6.07, 6.45) is 0.118. The molecule has 0 radical (unpaired) electrons. The Hall–Kier alpha value is -4.40. The van der Waals surface area contributed by atoms with Gasteiger partial charge in [0.15, 0.2) is 11.6 Å². The molecule has 0 unspecified atom stereocenters. The Kier molecular flexibility index (Phi) is 5.39. The number of anilines is 1. The third-order valence-corrected chi connectivity index (χ3v) is 6.27. The molecule has 0 atom stereocenters. The van der Waals surface area contributed by atoms with E-state index < -0.39 is 17.5 Å². The second kappa shape index (κ2) is 8.43. The molecule has 0 fully saturated rings. The van der Waals surface area contributed by atoms with E-state index in [4.69, 9.17) is 11.5 Å². The van der Waals surface area contributed by atoms with E-state index in [1.54, 1.807) is 30.0 Å². The van der Waals surface area contributed by atoms with Gasteiger partial charge in [-0.25, -0.2) is 18.7 Å². The predicted molar refractivity (Wildman–Crippen MR) is 127 cm³/mol. The van der Waals surface area contributed by atoms with E-state index >= 15 is 0 Å². The van der Waals surface area contributed by atoms with Gasteiger partial charge < -0.3 is 16.4 Å². The van der Waals surface area contributed by atoms with Crippen LogP contribution in [0.3, 0.4) is 0 Å². The highest BCUT2D eigenvalue weighted by Crippen LogP contribution is 2.35. The van der Waals surface area contributed by atoms with Crippen molar-refractivity contribution in [2.75, 3.05) is 5.73 Å². The second-order valence-corrected chi connectivity index (χ2v) is 8.38. The topological polar surface area (TPSA) is 115 Å². The van der Waals surface area contributed by atoms with E-state index in [1.165, 1.54) is 0 Å². The molecule has 1 aliphatic heterocycles. The van der Waals surface area contributed by atoms with Gasteiger partial charge in [0.25, 0.3) is 5.91 Å². The summed E-state index contributed by atoms with van der Waals surface area (Å²) in [5.74, 6) is -3.50. The van der Waals surface area contributed by atoms with Gasteiger partial charge in [-0.05, 0) is 46.9 Å². The number of halogens is 2. The van der Waals surface area contributed by atoms with Crippen molar-refractivity contribution < 1.29 is 18.4 Å². The van der Waals surface area contributed by atoms with Crippen LogP contribution in [0.1, 0.15) is 44.5 Å². The molecule has 2 amide bonds.